The highest BCUT2D eigenvalue weighted by Gasteiger charge is 1.76. The van der Waals surface area contributed by atoms with E-state index in [0.717, 1.165) is 19.3 Å². The van der Waals surface area contributed by atoms with Crippen molar-refractivity contribution in [2.45, 2.75) is 19.3 Å². The first-order valence-electron chi connectivity index (χ1n) is 3.45. The van der Waals surface area contributed by atoms with Gasteiger partial charge < -0.3 is 0 Å². The van der Waals surface area contributed by atoms with Crippen LogP contribution < -0.4 is 0 Å². The van der Waals surface area contributed by atoms with Gasteiger partial charge in [0.05, 0.1) is 0 Å². The van der Waals surface area contributed by atoms with Gasteiger partial charge in [-0.05, 0) is 19.3 Å². The van der Waals surface area contributed by atoms with Gasteiger partial charge in [-0.15, -0.1) is 0 Å². The van der Waals surface area contributed by atoms with E-state index >= 15 is 0 Å². The minimum atomic E-state index is 1.10. The Balaban J connectivity index is 2.43. The Hall–Kier alpha value is -0.780. The summed E-state index contributed by atoms with van der Waals surface area (Å²) >= 11 is 0. The van der Waals surface area contributed by atoms with Gasteiger partial charge in [-0.25, -0.2) is 0 Å². The number of hydrogen-bond acceptors (Lipinski definition) is 0. The van der Waals surface area contributed by atoms with E-state index in [1.807, 2.05) is 0 Å². The molecule has 0 atom stereocenters. The molecule has 9 heavy (non-hydrogen) atoms. The lowest BCUT2D eigenvalue weighted by Gasteiger charge is -1.76. The maximum absolute atomic E-state index is 2.20. The molecule has 0 spiro atoms. The van der Waals surface area contributed by atoms with Crippen LogP contribution in [-0.2, 0) is 0 Å². The lowest BCUT2D eigenvalue weighted by atomic mass is 10.3. The van der Waals surface area contributed by atoms with Crippen molar-refractivity contribution < 1.29 is 0 Å². The first-order chi connectivity index (χ1) is 4.50. The van der Waals surface area contributed by atoms with Crippen molar-refractivity contribution in [2.24, 2.45) is 0 Å². The van der Waals surface area contributed by atoms with Gasteiger partial charge in [-0.1, -0.05) is 36.5 Å². The summed E-state index contributed by atoms with van der Waals surface area (Å²) in [4.78, 5) is 0. The molecule has 0 aromatic heterocycles. The van der Waals surface area contributed by atoms with E-state index < -0.39 is 0 Å². The zero-order chi connectivity index (χ0) is 6.36. The summed E-state index contributed by atoms with van der Waals surface area (Å²) in [5.41, 5.74) is 0. The van der Waals surface area contributed by atoms with Crippen molar-refractivity contribution in [3.05, 3.63) is 36.5 Å². The summed E-state index contributed by atoms with van der Waals surface area (Å²) in [6, 6.07) is 0. The second-order valence-electron chi connectivity index (χ2n) is 2.12. The Morgan fingerprint density at radius 1 is 0.444 bits per heavy atom. The Morgan fingerprint density at radius 3 is 0.889 bits per heavy atom. The minimum Gasteiger partial charge on any atom is -0.0844 e. The van der Waals surface area contributed by atoms with Crippen LogP contribution in [0.3, 0.4) is 0 Å². The van der Waals surface area contributed by atoms with Gasteiger partial charge in [0.15, 0.2) is 0 Å². The highest BCUT2D eigenvalue weighted by atomic mass is 13.8. The third-order valence-electron chi connectivity index (χ3n) is 1.32. The predicted octanol–water partition coefficient (Wildman–Crippen LogP) is 2.84. The van der Waals surface area contributed by atoms with Crippen molar-refractivity contribution in [2.75, 3.05) is 0 Å². The molecule has 1 aliphatic carbocycles. The van der Waals surface area contributed by atoms with Crippen LogP contribution in [0.25, 0.3) is 0 Å². The zero-order valence-corrected chi connectivity index (χ0v) is 5.59. The third-order valence-corrected chi connectivity index (χ3v) is 1.32. The molecule has 48 valence electrons. The van der Waals surface area contributed by atoms with Gasteiger partial charge in [0.25, 0.3) is 0 Å². The molecule has 0 aromatic carbocycles. The molecule has 0 heteroatoms. The molecule has 0 N–H and O–H groups in total. The standard InChI is InChI=1S/C9H12/c1-2-4-6-8-9-7-5-3-1/h1-2,5-8H,3-4,9H2/b2-1-,7-5-,8-6+. The third kappa shape index (κ3) is 2.91. The molecule has 0 amide bonds. The second kappa shape index (κ2) is 4.13. The van der Waals surface area contributed by atoms with Crippen molar-refractivity contribution in [1.82, 2.24) is 0 Å². The normalized spacial score (nSPS) is 29.3. The molecule has 0 heterocycles. The quantitative estimate of drug-likeness (QED) is 0.431. The molecule has 0 saturated heterocycles. The molecule has 0 radical (unpaired) electrons. The van der Waals surface area contributed by atoms with E-state index in [-0.39, 0.29) is 0 Å². The van der Waals surface area contributed by atoms with E-state index in [0.29, 0.717) is 0 Å². The highest BCUT2D eigenvalue weighted by Crippen LogP contribution is 1.97. The molecule has 0 fully saturated rings. The van der Waals surface area contributed by atoms with E-state index in [1.54, 1.807) is 0 Å². The van der Waals surface area contributed by atoms with Gasteiger partial charge in [0.1, 0.15) is 0 Å². The van der Waals surface area contributed by atoms with Crippen LogP contribution in [0.1, 0.15) is 19.3 Å². The molecular weight excluding hydrogens is 108 g/mol. The van der Waals surface area contributed by atoms with Crippen LogP contribution in [0.5, 0.6) is 0 Å². The fourth-order valence-corrected chi connectivity index (χ4v) is 0.813. The fraction of sp³-hybridized carbons (Fsp3) is 0.333. The van der Waals surface area contributed by atoms with Crippen molar-refractivity contribution in [3.8, 4) is 0 Å². The molecule has 0 unspecified atom stereocenters. The first kappa shape index (κ1) is 6.34. The summed E-state index contributed by atoms with van der Waals surface area (Å²) < 4.78 is 0. The summed E-state index contributed by atoms with van der Waals surface area (Å²) in [5.74, 6) is 0. The van der Waals surface area contributed by atoms with E-state index in [9.17, 15) is 0 Å². The van der Waals surface area contributed by atoms with Crippen LogP contribution in [0.2, 0.25) is 0 Å². The van der Waals surface area contributed by atoms with Gasteiger partial charge in [-0.3, -0.25) is 0 Å². The largest absolute Gasteiger partial charge is 0.0844 e. The fourth-order valence-electron chi connectivity index (χ4n) is 0.813. The number of allylic oxidation sites excluding steroid dienone is 6. The van der Waals surface area contributed by atoms with Crippen LogP contribution in [0.15, 0.2) is 36.5 Å². The maximum Gasteiger partial charge on any atom is -0.0169 e. The molecule has 0 saturated carbocycles. The van der Waals surface area contributed by atoms with Crippen LogP contribution >= 0.6 is 0 Å². The van der Waals surface area contributed by atoms with Gasteiger partial charge in [0.2, 0.25) is 0 Å². The van der Waals surface area contributed by atoms with E-state index in [2.05, 4.69) is 36.5 Å². The molecule has 1 rings (SSSR count). The SMILES string of the molecule is C1=C\C/C=C/C/C=C\C/1. The minimum absolute atomic E-state index is 1.10. The number of hydrogen-bond donors (Lipinski definition) is 0. The molecule has 1 aliphatic rings. The monoisotopic (exact) mass is 120 g/mol. The molecule has 0 bridgehead atoms. The topological polar surface area (TPSA) is 0 Å². The summed E-state index contributed by atoms with van der Waals surface area (Å²) in [5, 5.41) is 0. The summed E-state index contributed by atoms with van der Waals surface area (Å²) in [6.07, 6.45) is 16.5. The average molecular weight is 120 g/mol. The van der Waals surface area contributed by atoms with Crippen molar-refractivity contribution in [3.63, 3.8) is 0 Å². The second-order valence-corrected chi connectivity index (χ2v) is 2.12. The molecular formula is C9H12. The van der Waals surface area contributed by atoms with Crippen molar-refractivity contribution in [1.29, 1.82) is 0 Å². The molecule has 0 nitrogen and oxygen atoms in total. The summed E-state index contributed by atoms with van der Waals surface area (Å²) in [6.45, 7) is 0. The predicted molar refractivity (Wildman–Crippen MR) is 41.3 cm³/mol. The van der Waals surface area contributed by atoms with E-state index in [4.69, 9.17) is 0 Å². The zero-order valence-electron chi connectivity index (χ0n) is 5.59. The van der Waals surface area contributed by atoms with Gasteiger partial charge >= 0.3 is 0 Å². The van der Waals surface area contributed by atoms with Crippen molar-refractivity contribution >= 4 is 0 Å². The Labute approximate surface area is 56.6 Å². The number of rotatable bonds is 0. The highest BCUT2D eigenvalue weighted by molar-refractivity contribution is 5.02. The maximum atomic E-state index is 2.20. The molecule has 0 aliphatic heterocycles. The van der Waals surface area contributed by atoms with Crippen LogP contribution in [0.4, 0.5) is 0 Å². The average Bonchev–Trinajstić information content (AvgIpc) is 2.00. The Morgan fingerprint density at radius 2 is 0.667 bits per heavy atom. The smallest absolute Gasteiger partial charge is 0.0169 e. The van der Waals surface area contributed by atoms with Gasteiger partial charge in [-0.2, -0.15) is 0 Å². The summed E-state index contributed by atoms with van der Waals surface area (Å²) in [7, 11) is 0. The lowest BCUT2D eigenvalue weighted by Crippen LogP contribution is -1.56. The van der Waals surface area contributed by atoms with E-state index in [1.165, 1.54) is 0 Å². The first-order valence-corrected chi connectivity index (χ1v) is 3.45. The van der Waals surface area contributed by atoms with Crippen LogP contribution in [-0.4, -0.2) is 0 Å². The lowest BCUT2D eigenvalue weighted by molar-refractivity contribution is 1.32. The van der Waals surface area contributed by atoms with Gasteiger partial charge in [0, 0.05) is 0 Å². The van der Waals surface area contributed by atoms with Crippen LogP contribution in [0, 0.1) is 0 Å². The Bertz CT molecular complexity index is 97.6. The molecule has 0 aromatic rings. The Kier molecular flexibility index (Phi) is 2.91.